The van der Waals surface area contributed by atoms with E-state index in [9.17, 15) is 9.59 Å². The van der Waals surface area contributed by atoms with Crippen LogP contribution in [0, 0.1) is 11.3 Å². The lowest BCUT2D eigenvalue weighted by Crippen LogP contribution is -2.22. The maximum Gasteiger partial charge on any atom is 0.336 e. The summed E-state index contributed by atoms with van der Waals surface area (Å²) < 4.78 is 1.51. The van der Waals surface area contributed by atoms with Crippen LogP contribution >= 0.6 is 0 Å². The third-order valence-electron chi connectivity index (χ3n) is 2.92. The van der Waals surface area contributed by atoms with Crippen LogP contribution in [-0.4, -0.2) is 15.6 Å². The first-order valence-electron chi connectivity index (χ1n) is 5.88. The van der Waals surface area contributed by atoms with E-state index < -0.39 is 5.97 Å². The average Bonchev–Trinajstić information content (AvgIpc) is 2.40. The lowest BCUT2D eigenvalue weighted by Gasteiger charge is -2.10. The molecule has 0 aliphatic carbocycles. The Hall–Kier alpha value is -2.61. The van der Waals surface area contributed by atoms with E-state index in [0.717, 1.165) is 6.07 Å². The fourth-order valence-electron chi connectivity index (χ4n) is 2.06. The molecule has 0 aliphatic heterocycles. The third-order valence-corrected chi connectivity index (χ3v) is 2.92. The molecule has 1 N–H and O–H groups in total. The van der Waals surface area contributed by atoms with Crippen molar-refractivity contribution in [1.82, 2.24) is 4.57 Å². The van der Waals surface area contributed by atoms with Crippen molar-refractivity contribution in [2.75, 3.05) is 0 Å². The molecule has 5 heteroatoms. The predicted octanol–water partition coefficient (Wildman–Crippen LogP) is 2.00. The van der Waals surface area contributed by atoms with Crippen LogP contribution in [0.25, 0.3) is 10.9 Å². The molecule has 0 unspecified atom stereocenters. The zero-order valence-electron chi connectivity index (χ0n) is 10.2. The third kappa shape index (κ3) is 2.47. The number of unbranched alkanes of at least 4 members (excludes halogenated alkanes) is 1. The van der Waals surface area contributed by atoms with Gasteiger partial charge >= 0.3 is 5.97 Å². The number of rotatable bonds is 4. The molecule has 5 nitrogen and oxygen atoms in total. The molecule has 19 heavy (non-hydrogen) atoms. The lowest BCUT2D eigenvalue weighted by molar-refractivity contribution is 0.0698. The summed E-state index contributed by atoms with van der Waals surface area (Å²) in [5.41, 5.74) is 0.247. The van der Waals surface area contributed by atoms with Gasteiger partial charge in [-0.3, -0.25) is 4.79 Å². The zero-order valence-corrected chi connectivity index (χ0v) is 10.2. The Bertz CT molecular complexity index is 726. The Kier molecular flexibility index (Phi) is 3.62. The van der Waals surface area contributed by atoms with E-state index >= 15 is 0 Å². The number of para-hydroxylation sites is 1. The summed E-state index contributed by atoms with van der Waals surface area (Å²) in [6.45, 7) is 0.410. The summed E-state index contributed by atoms with van der Waals surface area (Å²) in [6, 6.07) is 10.1. The Balaban J connectivity index is 2.63. The minimum Gasteiger partial charge on any atom is -0.478 e. The standard InChI is InChI=1S/C14H12N2O3/c15-7-3-4-8-16-12-6-2-1-5-10(12)11(14(18)19)9-13(16)17/h1-2,5-6,9H,3-4,8H2,(H,18,19). The van der Waals surface area contributed by atoms with E-state index in [1.165, 1.54) is 4.57 Å². The van der Waals surface area contributed by atoms with Crippen LogP contribution in [0.2, 0.25) is 0 Å². The molecule has 0 saturated heterocycles. The van der Waals surface area contributed by atoms with Crippen LogP contribution in [-0.2, 0) is 6.54 Å². The van der Waals surface area contributed by atoms with Gasteiger partial charge in [0.05, 0.1) is 17.1 Å². The van der Waals surface area contributed by atoms with Crippen LogP contribution < -0.4 is 5.56 Å². The predicted molar refractivity (Wildman–Crippen MR) is 70.0 cm³/mol. The smallest absolute Gasteiger partial charge is 0.336 e. The van der Waals surface area contributed by atoms with Crippen molar-refractivity contribution in [3.63, 3.8) is 0 Å². The molecule has 1 heterocycles. The number of aromatic carboxylic acids is 1. The van der Waals surface area contributed by atoms with Crippen LogP contribution in [0.3, 0.4) is 0 Å². The van der Waals surface area contributed by atoms with E-state index in [0.29, 0.717) is 30.3 Å². The van der Waals surface area contributed by atoms with Gasteiger partial charge in [-0.25, -0.2) is 4.79 Å². The molecule has 0 amide bonds. The van der Waals surface area contributed by atoms with Gasteiger partial charge in [0, 0.05) is 24.4 Å². The summed E-state index contributed by atoms with van der Waals surface area (Å²) in [7, 11) is 0. The molecule has 0 atom stereocenters. The number of carboxylic acids is 1. The zero-order chi connectivity index (χ0) is 13.8. The maximum atomic E-state index is 12.0. The summed E-state index contributed by atoms with van der Waals surface area (Å²) >= 11 is 0. The highest BCUT2D eigenvalue weighted by molar-refractivity contribution is 6.02. The van der Waals surface area contributed by atoms with E-state index in [4.69, 9.17) is 10.4 Å². The van der Waals surface area contributed by atoms with Gasteiger partial charge in [-0.2, -0.15) is 5.26 Å². The number of nitrogens with zero attached hydrogens (tertiary/aromatic N) is 2. The molecule has 1 aromatic carbocycles. The molecule has 0 saturated carbocycles. The van der Waals surface area contributed by atoms with Crippen LogP contribution in [0.1, 0.15) is 23.2 Å². The van der Waals surface area contributed by atoms with Crippen molar-refractivity contribution >= 4 is 16.9 Å². The molecule has 0 radical (unpaired) electrons. The first-order valence-corrected chi connectivity index (χ1v) is 5.88. The molecule has 1 aromatic heterocycles. The number of nitriles is 1. The van der Waals surface area contributed by atoms with E-state index in [1.807, 2.05) is 6.07 Å². The van der Waals surface area contributed by atoms with Gasteiger partial charge in [0.25, 0.3) is 5.56 Å². The summed E-state index contributed by atoms with van der Waals surface area (Å²) in [6.07, 6.45) is 0.925. The van der Waals surface area contributed by atoms with E-state index in [1.54, 1.807) is 24.3 Å². The fourth-order valence-corrected chi connectivity index (χ4v) is 2.06. The molecule has 0 spiro atoms. The van der Waals surface area contributed by atoms with Gasteiger partial charge in [0.15, 0.2) is 0 Å². The number of benzene rings is 1. The maximum absolute atomic E-state index is 12.0. The highest BCUT2D eigenvalue weighted by atomic mass is 16.4. The Morgan fingerprint density at radius 2 is 2.11 bits per heavy atom. The Morgan fingerprint density at radius 1 is 1.37 bits per heavy atom. The van der Waals surface area contributed by atoms with Crippen molar-refractivity contribution in [1.29, 1.82) is 5.26 Å². The average molecular weight is 256 g/mol. The second kappa shape index (κ2) is 5.36. The topological polar surface area (TPSA) is 83.1 Å². The first-order chi connectivity index (χ1) is 9.15. The number of fused-ring (bicyclic) bond motifs is 1. The molecular weight excluding hydrogens is 244 g/mol. The van der Waals surface area contributed by atoms with Crippen LogP contribution in [0.4, 0.5) is 0 Å². The normalized spacial score (nSPS) is 10.3. The summed E-state index contributed by atoms with van der Waals surface area (Å²) in [5, 5.41) is 18.2. The molecule has 2 rings (SSSR count). The van der Waals surface area contributed by atoms with E-state index in [-0.39, 0.29) is 11.1 Å². The van der Waals surface area contributed by atoms with Crippen molar-refractivity contribution < 1.29 is 9.90 Å². The first kappa shape index (κ1) is 12.8. The largest absolute Gasteiger partial charge is 0.478 e. The number of pyridine rings is 1. The van der Waals surface area contributed by atoms with Crippen molar-refractivity contribution in [2.24, 2.45) is 0 Å². The quantitative estimate of drug-likeness (QED) is 0.848. The SMILES string of the molecule is N#CCCCn1c(=O)cc(C(=O)O)c2ccccc21. The molecule has 96 valence electrons. The van der Waals surface area contributed by atoms with Crippen molar-refractivity contribution in [3.8, 4) is 6.07 Å². The van der Waals surface area contributed by atoms with Crippen molar-refractivity contribution in [2.45, 2.75) is 19.4 Å². The van der Waals surface area contributed by atoms with Gasteiger partial charge in [-0.15, -0.1) is 0 Å². The molecular formula is C14H12N2O3. The molecule has 0 bridgehead atoms. The van der Waals surface area contributed by atoms with Gasteiger partial charge in [0.1, 0.15) is 0 Å². The summed E-state index contributed by atoms with van der Waals surface area (Å²) in [4.78, 5) is 23.1. The minimum absolute atomic E-state index is 0.0112. The van der Waals surface area contributed by atoms with Crippen LogP contribution in [0.15, 0.2) is 35.1 Å². The number of carboxylic acid groups (broad SMARTS) is 1. The second-order valence-electron chi connectivity index (χ2n) is 4.13. The van der Waals surface area contributed by atoms with Gasteiger partial charge in [0.2, 0.25) is 0 Å². The number of aromatic nitrogens is 1. The highest BCUT2D eigenvalue weighted by Gasteiger charge is 2.12. The van der Waals surface area contributed by atoms with Gasteiger partial charge in [-0.1, -0.05) is 18.2 Å². The van der Waals surface area contributed by atoms with Gasteiger partial charge in [-0.05, 0) is 12.5 Å². The second-order valence-corrected chi connectivity index (χ2v) is 4.13. The number of hydrogen-bond acceptors (Lipinski definition) is 3. The van der Waals surface area contributed by atoms with Crippen LogP contribution in [0.5, 0.6) is 0 Å². The highest BCUT2D eigenvalue weighted by Crippen LogP contribution is 2.17. The van der Waals surface area contributed by atoms with Crippen molar-refractivity contribution in [3.05, 3.63) is 46.2 Å². The molecule has 0 aliphatic rings. The molecule has 2 aromatic rings. The number of carbonyl (C=O) groups is 1. The fraction of sp³-hybridized carbons (Fsp3) is 0.214. The minimum atomic E-state index is -1.11. The number of hydrogen-bond donors (Lipinski definition) is 1. The Labute approximate surface area is 109 Å². The monoisotopic (exact) mass is 256 g/mol. The molecule has 0 fully saturated rings. The van der Waals surface area contributed by atoms with E-state index in [2.05, 4.69) is 0 Å². The van der Waals surface area contributed by atoms with Gasteiger partial charge < -0.3 is 9.67 Å². The lowest BCUT2D eigenvalue weighted by atomic mass is 10.1. The number of aryl methyl sites for hydroxylation is 1. The summed E-state index contributed by atoms with van der Waals surface area (Å²) in [5.74, 6) is -1.11. The Morgan fingerprint density at radius 3 is 2.79 bits per heavy atom.